The van der Waals surface area contributed by atoms with Crippen LogP contribution in [0.3, 0.4) is 0 Å². The predicted molar refractivity (Wildman–Crippen MR) is 60.3 cm³/mol. The quantitative estimate of drug-likeness (QED) is 0.851. The van der Waals surface area contributed by atoms with Crippen molar-refractivity contribution in [1.29, 1.82) is 0 Å². The molecule has 1 N–H and O–H groups in total. The van der Waals surface area contributed by atoms with Gasteiger partial charge in [-0.25, -0.2) is 0 Å². The Kier molecular flexibility index (Phi) is 3.84. The molecule has 1 aromatic heterocycles. The third kappa shape index (κ3) is 2.38. The van der Waals surface area contributed by atoms with Crippen LogP contribution < -0.4 is 0 Å². The predicted octanol–water partition coefficient (Wildman–Crippen LogP) is 0.915. The lowest BCUT2D eigenvalue weighted by Gasteiger charge is -2.27. The molecule has 1 saturated carbocycles. The van der Waals surface area contributed by atoms with E-state index in [4.69, 9.17) is 5.11 Å². The highest BCUT2D eigenvalue weighted by atomic mass is 32.1. The van der Waals surface area contributed by atoms with Gasteiger partial charge in [0.05, 0.1) is 24.5 Å². The van der Waals surface area contributed by atoms with E-state index in [2.05, 4.69) is 8.75 Å². The molecule has 6 heteroatoms. The summed E-state index contributed by atoms with van der Waals surface area (Å²) in [5, 5.41) is 9.02. The first-order valence-electron chi connectivity index (χ1n) is 5.52. The van der Waals surface area contributed by atoms with E-state index < -0.39 is 0 Å². The minimum atomic E-state index is -0.102. The molecule has 1 fully saturated rings. The topological polar surface area (TPSA) is 66.3 Å². The van der Waals surface area contributed by atoms with E-state index in [1.807, 2.05) is 0 Å². The van der Waals surface area contributed by atoms with E-state index >= 15 is 0 Å². The lowest BCUT2D eigenvalue weighted by molar-refractivity contribution is 0.0633. The molecule has 0 bridgehead atoms. The molecular weight excluding hydrogens is 226 g/mol. The molecule has 16 heavy (non-hydrogen) atoms. The Labute approximate surface area is 98.4 Å². The number of hydrogen-bond acceptors (Lipinski definition) is 5. The maximum atomic E-state index is 12.1. The normalized spacial score (nSPS) is 16.6. The Balaban J connectivity index is 2.09. The Morgan fingerprint density at radius 2 is 2.31 bits per heavy atom. The number of aliphatic hydroxyl groups excluding tert-OH is 1. The number of carbonyl (C=O) groups excluding carboxylic acids is 1. The SMILES string of the molecule is O=C(c1cnsn1)N(CCO)C1CCCC1. The van der Waals surface area contributed by atoms with E-state index in [-0.39, 0.29) is 18.6 Å². The highest BCUT2D eigenvalue weighted by Gasteiger charge is 2.27. The third-order valence-electron chi connectivity index (χ3n) is 2.95. The minimum Gasteiger partial charge on any atom is -0.395 e. The number of amides is 1. The van der Waals surface area contributed by atoms with Gasteiger partial charge in [-0.05, 0) is 12.8 Å². The van der Waals surface area contributed by atoms with E-state index in [1.54, 1.807) is 4.90 Å². The van der Waals surface area contributed by atoms with Crippen molar-refractivity contribution in [3.63, 3.8) is 0 Å². The first kappa shape index (κ1) is 11.5. The molecule has 1 aliphatic rings. The van der Waals surface area contributed by atoms with Gasteiger partial charge in [-0.1, -0.05) is 12.8 Å². The van der Waals surface area contributed by atoms with Crippen LogP contribution in [0, 0.1) is 0 Å². The zero-order valence-corrected chi connectivity index (χ0v) is 9.82. The summed E-state index contributed by atoms with van der Waals surface area (Å²) in [6.45, 7) is 0.390. The minimum absolute atomic E-state index is 0.000193. The average molecular weight is 241 g/mol. The Hall–Kier alpha value is -1.01. The van der Waals surface area contributed by atoms with Crippen LogP contribution in [0.5, 0.6) is 0 Å². The third-order valence-corrected chi connectivity index (χ3v) is 3.43. The van der Waals surface area contributed by atoms with Crippen LogP contribution in [0.4, 0.5) is 0 Å². The van der Waals surface area contributed by atoms with Crippen molar-refractivity contribution in [2.24, 2.45) is 0 Å². The molecule has 2 rings (SSSR count). The van der Waals surface area contributed by atoms with Crippen molar-refractivity contribution in [2.75, 3.05) is 13.2 Å². The van der Waals surface area contributed by atoms with Gasteiger partial charge in [-0.15, -0.1) is 0 Å². The van der Waals surface area contributed by atoms with Gasteiger partial charge in [0, 0.05) is 12.6 Å². The Morgan fingerprint density at radius 3 is 2.88 bits per heavy atom. The van der Waals surface area contributed by atoms with Crippen molar-refractivity contribution >= 4 is 17.6 Å². The fraction of sp³-hybridized carbons (Fsp3) is 0.700. The molecule has 0 aliphatic heterocycles. The average Bonchev–Trinajstić information content (AvgIpc) is 2.96. The first-order chi connectivity index (χ1) is 7.83. The summed E-state index contributed by atoms with van der Waals surface area (Å²) in [4.78, 5) is 13.8. The molecule has 0 radical (unpaired) electrons. The number of rotatable bonds is 4. The number of carbonyl (C=O) groups is 1. The van der Waals surface area contributed by atoms with Crippen LogP contribution in [0.15, 0.2) is 6.20 Å². The highest BCUT2D eigenvalue weighted by molar-refractivity contribution is 6.99. The zero-order valence-electron chi connectivity index (χ0n) is 9.00. The summed E-state index contributed by atoms with van der Waals surface area (Å²) in [6, 6.07) is 0.265. The molecule has 1 amide bonds. The van der Waals surface area contributed by atoms with Crippen molar-refractivity contribution in [3.8, 4) is 0 Å². The molecule has 1 heterocycles. The first-order valence-corrected chi connectivity index (χ1v) is 6.25. The zero-order chi connectivity index (χ0) is 11.4. The number of aromatic nitrogens is 2. The molecule has 88 valence electrons. The number of hydrogen-bond donors (Lipinski definition) is 1. The van der Waals surface area contributed by atoms with Gasteiger partial charge >= 0.3 is 0 Å². The summed E-state index contributed by atoms with van der Waals surface area (Å²) < 4.78 is 7.78. The lowest BCUT2D eigenvalue weighted by atomic mass is 10.2. The monoisotopic (exact) mass is 241 g/mol. The van der Waals surface area contributed by atoms with E-state index in [0.29, 0.717) is 12.2 Å². The largest absolute Gasteiger partial charge is 0.395 e. The summed E-state index contributed by atoms with van der Waals surface area (Å²) in [5.41, 5.74) is 0.394. The van der Waals surface area contributed by atoms with Crippen molar-refractivity contribution in [1.82, 2.24) is 13.6 Å². The number of aliphatic hydroxyl groups is 1. The van der Waals surface area contributed by atoms with Gasteiger partial charge in [0.2, 0.25) is 0 Å². The van der Waals surface area contributed by atoms with E-state index in [0.717, 1.165) is 37.4 Å². The van der Waals surface area contributed by atoms with Gasteiger partial charge < -0.3 is 10.0 Å². The fourth-order valence-electron chi connectivity index (χ4n) is 2.18. The van der Waals surface area contributed by atoms with E-state index in [9.17, 15) is 4.79 Å². The van der Waals surface area contributed by atoms with Gasteiger partial charge in [-0.2, -0.15) is 8.75 Å². The Morgan fingerprint density at radius 1 is 1.56 bits per heavy atom. The lowest BCUT2D eigenvalue weighted by Crippen LogP contribution is -2.40. The standard InChI is InChI=1S/C10H15N3O2S/c14-6-5-13(8-3-1-2-4-8)10(15)9-7-11-16-12-9/h7-8,14H,1-6H2. The summed E-state index contributed by atoms with van der Waals surface area (Å²) in [7, 11) is 0. The molecule has 0 saturated heterocycles. The molecule has 0 unspecified atom stereocenters. The van der Waals surface area contributed by atoms with Crippen molar-refractivity contribution in [3.05, 3.63) is 11.9 Å². The van der Waals surface area contributed by atoms with Crippen LogP contribution in [-0.4, -0.2) is 43.9 Å². The van der Waals surface area contributed by atoms with Crippen LogP contribution in [0.2, 0.25) is 0 Å². The van der Waals surface area contributed by atoms with E-state index in [1.165, 1.54) is 6.20 Å². The smallest absolute Gasteiger partial charge is 0.275 e. The molecule has 1 aliphatic carbocycles. The van der Waals surface area contributed by atoms with Crippen LogP contribution >= 0.6 is 11.7 Å². The van der Waals surface area contributed by atoms with Crippen molar-refractivity contribution < 1.29 is 9.90 Å². The van der Waals surface area contributed by atoms with Crippen LogP contribution in [-0.2, 0) is 0 Å². The van der Waals surface area contributed by atoms with Crippen LogP contribution in [0.1, 0.15) is 36.2 Å². The second-order valence-corrected chi connectivity index (χ2v) is 4.51. The molecule has 0 atom stereocenters. The number of nitrogens with zero attached hydrogens (tertiary/aromatic N) is 3. The van der Waals surface area contributed by atoms with Gasteiger partial charge in [0.15, 0.2) is 5.69 Å². The molecular formula is C10H15N3O2S. The van der Waals surface area contributed by atoms with Gasteiger partial charge in [-0.3, -0.25) is 4.79 Å². The highest BCUT2D eigenvalue weighted by Crippen LogP contribution is 2.24. The summed E-state index contributed by atoms with van der Waals surface area (Å²) >= 11 is 1.04. The molecule has 1 aromatic rings. The second kappa shape index (κ2) is 5.36. The maximum absolute atomic E-state index is 12.1. The molecule has 5 nitrogen and oxygen atoms in total. The maximum Gasteiger partial charge on any atom is 0.275 e. The summed E-state index contributed by atoms with van der Waals surface area (Å²) in [6.07, 6.45) is 5.88. The summed E-state index contributed by atoms with van der Waals surface area (Å²) in [5.74, 6) is -0.102. The fourth-order valence-corrected chi connectivity index (χ4v) is 2.59. The molecule has 0 spiro atoms. The Bertz CT molecular complexity index is 336. The molecule has 0 aromatic carbocycles. The van der Waals surface area contributed by atoms with Crippen LogP contribution in [0.25, 0.3) is 0 Å². The van der Waals surface area contributed by atoms with Crippen molar-refractivity contribution in [2.45, 2.75) is 31.7 Å². The van der Waals surface area contributed by atoms with Gasteiger partial charge in [0.1, 0.15) is 0 Å². The van der Waals surface area contributed by atoms with Gasteiger partial charge in [0.25, 0.3) is 5.91 Å². The second-order valence-electron chi connectivity index (χ2n) is 3.95.